The minimum atomic E-state index is -0.942. The van der Waals surface area contributed by atoms with Crippen LogP contribution in [0.5, 0.6) is 0 Å². The minimum Gasteiger partial charge on any atom is -0.478 e. The normalized spacial score (nSPS) is 11.9. The number of halogens is 2. The van der Waals surface area contributed by atoms with E-state index in [9.17, 15) is 4.79 Å². The zero-order chi connectivity index (χ0) is 14.7. The molecule has 0 aliphatic carbocycles. The van der Waals surface area contributed by atoms with Gasteiger partial charge in [0.1, 0.15) is 0 Å². The molecule has 0 bridgehead atoms. The third-order valence-electron chi connectivity index (χ3n) is 2.96. The number of hydrogen-bond donors (Lipinski definition) is 2. The molecule has 1 atom stereocenters. The number of anilines is 1. The van der Waals surface area contributed by atoms with Gasteiger partial charge in [-0.3, -0.25) is 0 Å². The summed E-state index contributed by atoms with van der Waals surface area (Å²) in [7, 11) is 0. The third kappa shape index (κ3) is 3.24. The van der Waals surface area contributed by atoms with Crippen molar-refractivity contribution in [1.29, 1.82) is 0 Å². The highest BCUT2D eigenvalue weighted by Gasteiger charge is 2.12. The van der Waals surface area contributed by atoms with E-state index < -0.39 is 5.97 Å². The lowest BCUT2D eigenvalue weighted by molar-refractivity contribution is 0.0697. The highest BCUT2D eigenvalue weighted by Crippen LogP contribution is 2.31. The van der Waals surface area contributed by atoms with Gasteiger partial charge in [-0.15, -0.1) is 0 Å². The van der Waals surface area contributed by atoms with Gasteiger partial charge in [0.05, 0.1) is 21.7 Å². The smallest absolute Gasteiger partial charge is 0.335 e. The van der Waals surface area contributed by atoms with Crippen LogP contribution in [0.4, 0.5) is 5.69 Å². The van der Waals surface area contributed by atoms with Crippen LogP contribution in [-0.2, 0) is 0 Å². The van der Waals surface area contributed by atoms with Crippen LogP contribution in [0.1, 0.15) is 28.9 Å². The number of rotatable bonds is 4. The maximum absolute atomic E-state index is 10.8. The van der Waals surface area contributed by atoms with E-state index in [0.29, 0.717) is 10.0 Å². The molecule has 0 saturated carbocycles. The van der Waals surface area contributed by atoms with Gasteiger partial charge in [-0.25, -0.2) is 4.79 Å². The van der Waals surface area contributed by atoms with Gasteiger partial charge >= 0.3 is 5.97 Å². The van der Waals surface area contributed by atoms with Gasteiger partial charge in [-0.1, -0.05) is 35.3 Å². The van der Waals surface area contributed by atoms with E-state index in [1.165, 1.54) is 0 Å². The Morgan fingerprint density at radius 2 is 1.80 bits per heavy atom. The number of carboxylic acids is 1. The first-order valence-corrected chi connectivity index (χ1v) is 6.78. The molecule has 2 aromatic carbocycles. The molecule has 2 rings (SSSR count). The molecule has 0 aliphatic rings. The molecule has 0 fully saturated rings. The first kappa shape index (κ1) is 14.7. The zero-order valence-electron chi connectivity index (χ0n) is 10.7. The van der Waals surface area contributed by atoms with Gasteiger partial charge in [0.25, 0.3) is 0 Å². The van der Waals surface area contributed by atoms with Gasteiger partial charge in [0.2, 0.25) is 0 Å². The fraction of sp³-hybridized carbons (Fsp3) is 0.133. The summed E-state index contributed by atoms with van der Waals surface area (Å²) in [6.07, 6.45) is 0. The van der Waals surface area contributed by atoms with Crippen LogP contribution in [0, 0.1) is 0 Å². The van der Waals surface area contributed by atoms with Crippen molar-refractivity contribution in [1.82, 2.24) is 0 Å². The standard InChI is InChI=1S/C15H13Cl2NO2/c1-9(12-3-2-4-13(16)14(12)17)18-11-7-5-10(6-8-11)15(19)20/h2-9,18H,1H3,(H,19,20). The second kappa shape index (κ2) is 6.16. The van der Waals surface area contributed by atoms with E-state index in [2.05, 4.69) is 5.32 Å². The molecule has 2 aromatic rings. The summed E-state index contributed by atoms with van der Waals surface area (Å²) in [6, 6.07) is 12.0. The number of hydrogen-bond acceptors (Lipinski definition) is 2. The van der Waals surface area contributed by atoms with Crippen molar-refractivity contribution in [2.45, 2.75) is 13.0 Å². The second-order valence-electron chi connectivity index (χ2n) is 4.39. The molecular weight excluding hydrogens is 297 g/mol. The van der Waals surface area contributed by atoms with Crippen molar-refractivity contribution in [2.24, 2.45) is 0 Å². The number of benzene rings is 2. The Bertz CT molecular complexity index is 626. The third-order valence-corrected chi connectivity index (χ3v) is 3.80. The Morgan fingerprint density at radius 3 is 2.40 bits per heavy atom. The number of aromatic carboxylic acids is 1. The Labute approximate surface area is 127 Å². The van der Waals surface area contributed by atoms with Gasteiger partial charge < -0.3 is 10.4 Å². The van der Waals surface area contributed by atoms with Crippen LogP contribution in [-0.4, -0.2) is 11.1 Å². The largest absolute Gasteiger partial charge is 0.478 e. The summed E-state index contributed by atoms with van der Waals surface area (Å²) in [5, 5.41) is 13.1. The first-order valence-electron chi connectivity index (χ1n) is 6.03. The topological polar surface area (TPSA) is 49.3 Å². The van der Waals surface area contributed by atoms with Gasteiger partial charge in [0, 0.05) is 5.69 Å². The molecule has 0 saturated heterocycles. The van der Waals surface area contributed by atoms with E-state index >= 15 is 0 Å². The molecule has 0 spiro atoms. The fourth-order valence-corrected chi connectivity index (χ4v) is 2.36. The van der Waals surface area contributed by atoms with Crippen molar-refractivity contribution in [3.8, 4) is 0 Å². The lowest BCUT2D eigenvalue weighted by Crippen LogP contribution is -2.07. The molecule has 0 aromatic heterocycles. The molecule has 0 aliphatic heterocycles. The summed E-state index contributed by atoms with van der Waals surface area (Å²) in [5.74, 6) is -0.942. The van der Waals surface area contributed by atoms with Crippen molar-refractivity contribution in [2.75, 3.05) is 5.32 Å². The summed E-state index contributed by atoms with van der Waals surface area (Å²) in [5.41, 5.74) is 1.96. The van der Waals surface area contributed by atoms with Crippen LogP contribution in [0.25, 0.3) is 0 Å². The minimum absolute atomic E-state index is 0.0446. The van der Waals surface area contributed by atoms with Crippen molar-refractivity contribution in [3.05, 3.63) is 63.6 Å². The Morgan fingerprint density at radius 1 is 1.15 bits per heavy atom. The summed E-state index contributed by atoms with van der Waals surface area (Å²) in [6.45, 7) is 1.96. The average molecular weight is 310 g/mol. The second-order valence-corrected chi connectivity index (χ2v) is 5.18. The van der Waals surface area contributed by atoms with Crippen molar-refractivity contribution >= 4 is 34.9 Å². The molecular formula is C15H13Cl2NO2. The summed E-state index contributed by atoms with van der Waals surface area (Å²) >= 11 is 12.2. The van der Waals surface area contributed by atoms with E-state index in [1.807, 2.05) is 19.1 Å². The quantitative estimate of drug-likeness (QED) is 0.847. The molecule has 5 heteroatoms. The molecule has 3 nitrogen and oxygen atoms in total. The predicted octanol–water partition coefficient (Wildman–Crippen LogP) is 4.86. The monoisotopic (exact) mass is 309 g/mol. The molecule has 0 radical (unpaired) electrons. The molecule has 0 amide bonds. The summed E-state index contributed by atoms with van der Waals surface area (Å²) in [4.78, 5) is 10.8. The SMILES string of the molecule is CC(Nc1ccc(C(=O)O)cc1)c1cccc(Cl)c1Cl. The van der Waals surface area contributed by atoms with Gasteiger partial charge in [-0.2, -0.15) is 0 Å². The number of carbonyl (C=O) groups is 1. The van der Waals surface area contributed by atoms with Crippen LogP contribution in [0.2, 0.25) is 10.0 Å². The molecule has 0 heterocycles. The highest BCUT2D eigenvalue weighted by atomic mass is 35.5. The molecule has 20 heavy (non-hydrogen) atoms. The van der Waals surface area contributed by atoms with Crippen molar-refractivity contribution < 1.29 is 9.90 Å². The van der Waals surface area contributed by atoms with Crippen LogP contribution >= 0.6 is 23.2 Å². The first-order chi connectivity index (χ1) is 9.49. The Hall–Kier alpha value is -1.71. The van der Waals surface area contributed by atoms with Crippen LogP contribution in [0.15, 0.2) is 42.5 Å². The lowest BCUT2D eigenvalue weighted by atomic mass is 10.1. The van der Waals surface area contributed by atoms with Gasteiger partial charge in [0.15, 0.2) is 0 Å². The van der Waals surface area contributed by atoms with E-state index in [4.69, 9.17) is 28.3 Å². The number of carboxylic acid groups (broad SMARTS) is 1. The zero-order valence-corrected chi connectivity index (χ0v) is 12.2. The maximum atomic E-state index is 10.8. The van der Waals surface area contributed by atoms with E-state index in [1.54, 1.807) is 30.3 Å². The maximum Gasteiger partial charge on any atom is 0.335 e. The van der Waals surface area contributed by atoms with E-state index in [-0.39, 0.29) is 11.6 Å². The summed E-state index contributed by atoms with van der Waals surface area (Å²) < 4.78 is 0. The Kier molecular flexibility index (Phi) is 4.53. The number of nitrogens with one attached hydrogen (secondary N) is 1. The van der Waals surface area contributed by atoms with Crippen LogP contribution in [0.3, 0.4) is 0 Å². The highest BCUT2D eigenvalue weighted by molar-refractivity contribution is 6.42. The average Bonchev–Trinajstić information content (AvgIpc) is 2.42. The lowest BCUT2D eigenvalue weighted by Gasteiger charge is -2.17. The Balaban J connectivity index is 2.17. The van der Waals surface area contributed by atoms with Gasteiger partial charge in [-0.05, 0) is 42.8 Å². The predicted molar refractivity (Wildman–Crippen MR) is 81.9 cm³/mol. The van der Waals surface area contributed by atoms with E-state index in [0.717, 1.165) is 11.3 Å². The molecule has 1 unspecified atom stereocenters. The molecule has 2 N–H and O–H groups in total. The van der Waals surface area contributed by atoms with Crippen LogP contribution < -0.4 is 5.32 Å². The van der Waals surface area contributed by atoms with Crippen molar-refractivity contribution in [3.63, 3.8) is 0 Å². The molecule has 104 valence electrons. The fourth-order valence-electron chi connectivity index (χ4n) is 1.89.